The van der Waals surface area contributed by atoms with Crippen LogP contribution in [-0.2, 0) is 16.0 Å². The van der Waals surface area contributed by atoms with Crippen LogP contribution in [0.5, 0.6) is 0 Å². The van der Waals surface area contributed by atoms with Crippen LogP contribution >= 0.6 is 12.4 Å². The number of ether oxygens (including phenoxy) is 1. The van der Waals surface area contributed by atoms with Crippen LogP contribution < -0.4 is 5.32 Å². The molecule has 0 aliphatic carbocycles. The van der Waals surface area contributed by atoms with Crippen molar-refractivity contribution in [2.75, 3.05) is 33.3 Å². The second kappa shape index (κ2) is 7.95. The first-order valence-corrected chi connectivity index (χ1v) is 7.89. The molecular formula is C17H25ClN2O2. The van der Waals surface area contributed by atoms with Gasteiger partial charge in [-0.05, 0) is 43.5 Å². The summed E-state index contributed by atoms with van der Waals surface area (Å²) in [4.78, 5) is 14.5. The summed E-state index contributed by atoms with van der Waals surface area (Å²) in [6, 6.07) is 8.34. The Morgan fingerprint density at radius 2 is 2.23 bits per heavy atom. The number of carbonyl (C=O) groups excluding carboxylic acids is 1. The van der Waals surface area contributed by atoms with Crippen LogP contribution in [0.3, 0.4) is 0 Å². The van der Waals surface area contributed by atoms with Crippen LogP contribution in [0.4, 0.5) is 0 Å². The van der Waals surface area contributed by atoms with Crippen LogP contribution in [0.25, 0.3) is 0 Å². The third-order valence-electron chi connectivity index (χ3n) is 4.58. The fourth-order valence-corrected chi connectivity index (χ4v) is 3.45. The lowest BCUT2D eigenvalue weighted by atomic mass is 9.95. The van der Waals surface area contributed by atoms with E-state index in [2.05, 4.69) is 23.5 Å². The van der Waals surface area contributed by atoms with Gasteiger partial charge in [-0.15, -0.1) is 12.4 Å². The highest BCUT2D eigenvalue weighted by atomic mass is 35.5. The molecule has 1 amide bonds. The van der Waals surface area contributed by atoms with E-state index in [1.54, 1.807) is 0 Å². The first kappa shape index (κ1) is 17.3. The van der Waals surface area contributed by atoms with Gasteiger partial charge in [0.1, 0.15) is 0 Å². The number of carbonyl (C=O) groups is 1. The molecule has 122 valence electrons. The number of benzene rings is 1. The number of halogens is 1. The SMILES string of the molecule is CNCC1CCN(C(=O)CC2OCCc3ccccc32)C1.Cl. The number of hydrogen-bond donors (Lipinski definition) is 1. The van der Waals surface area contributed by atoms with E-state index in [-0.39, 0.29) is 24.4 Å². The lowest BCUT2D eigenvalue weighted by molar-refractivity contribution is -0.133. The minimum absolute atomic E-state index is 0. The standard InChI is InChI=1S/C17H24N2O2.ClH/c1-18-11-13-6-8-19(12-13)17(20)10-16-15-5-3-2-4-14(15)7-9-21-16;/h2-5,13,16,18H,6-12H2,1H3;1H. The maximum Gasteiger partial charge on any atom is 0.225 e. The lowest BCUT2D eigenvalue weighted by Gasteiger charge is -2.27. The Hall–Kier alpha value is -1.10. The lowest BCUT2D eigenvalue weighted by Crippen LogP contribution is -2.32. The second-order valence-electron chi connectivity index (χ2n) is 6.06. The molecule has 0 aromatic heterocycles. The molecule has 0 radical (unpaired) electrons. The van der Waals surface area contributed by atoms with Gasteiger partial charge >= 0.3 is 0 Å². The van der Waals surface area contributed by atoms with Gasteiger partial charge in [0, 0.05) is 13.1 Å². The van der Waals surface area contributed by atoms with E-state index in [4.69, 9.17) is 4.74 Å². The van der Waals surface area contributed by atoms with Gasteiger partial charge in [0.2, 0.25) is 5.91 Å². The summed E-state index contributed by atoms with van der Waals surface area (Å²) >= 11 is 0. The third kappa shape index (κ3) is 3.80. The molecule has 0 bridgehead atoms. The predicted octanol–water partition coefficient (Wildman–Crippen LogP) is 2.18. The van der Waals surface area contributed by atoms with Gasteiger partial charge in [0.15, 0.2) is 0 Å². The first-order valence-electron chi connectivity index (χ1n) is 7.89. The van der Waals surface area contributed by atoms with Crippen LogP contribution in [0.2, 0.25) is 0 Å². The molecule has 2 heterocycles. The number of hydrogen-bond acceptors (Lipinski definition) is 3. The van der Waals surface area contributed by atoms with E-state index in [9.17, 15) is 4.79 Å². The average molecular weight is 325 g/mol. The second-order valence-corrected chi connectivity index (χ2v) is 6.06. The molecule has 1 N–H and O–H groups in total. The number of nitrogens with zero attached hydrogens (tertiary/aromatic N) is 1. The topological polar surface area (TPSA) is 41.6 Å². The molecule has 1 aromatic carbocycles. The Morgan fingerprint density at radius 1 is 1.41 bits per heavy atom. The van der Waals surface area contributed by atoms with Crippen molar-refractivity contribution in [2.45, 2.75) is 25.4 Å². The fraction of sp³-hybridized carbons (Fsp3) is 0.588. The molecule has 4 nitrogen and oxygen atoms in total. The molecule has 2 unspecified atom stereocenters. The number of nitrogens with one attached hydrogen (secondary N) is 1. The summed E-state index contributed by atoms with van der Waals surface area (Å²) in [7, 11) is 1.97. The van der Waals surface area contributed by atoms with Gasteiger partial charge in [0.05, 0.1) is 19.1 Å². The molecule has 22 heavy (non-hydrogen) atoms. The largest absolute Gasteiger partial charge is 0.373 e. The quantitative estimate of drug-likeness (QED) is 0.923. The Bertz CT molecular complexity index is 509. The Morgan fingerprint density at radius 3 is 3.05 bits per heavy atom. The molecule has 3 rings (SSSR count). The van der Waals surface area contributed by atoms with Crippen molar-refractivity contribution in [3.8, 4) is 0 Å². The van der Waals surface area contributed by atoms with E-state index >= 15 is 0 Å². The van der Waals surface area contributed by atoms with Gasteiger partial charge in [-0.1, -0.05) is 24.3 Å². The normalized spacial score (nSPS) is 23.8. The summed E-state index contributed by atoms with van der Waals surface area (Å²) in [5.74, 6) is 0.828. The molecule has 2 aliphatic heterocycles. The monoisotopic (exact) mass is 324 g/mol. The number of likely N-dealkylation sites (tertiary alicyclic amines) is 1. The van der Waals surface area contributed by atoms with Gasteiger partial charge in [-0.2, -0.15) is 0 Å². The first-order chi connectivity index (χ1) is 10.3. The third-order valence-corrected chi connectivity index (χ3v) is 4.58. The summed E-state index contributed by atoms with van der Waals surface area (Å²) < 4.78 is 5.85. The van der Waals surface area contributed by atoms with Gasteiger partial charge < -0.3 is 15.0 Å². The summed E-state index contributed by atoms with van der Waals surface area (Å²) in [6.07, 6.45) is 2.47. The molecule has 1 saturated heterocycles. The Kier molecular flexibility index (Phi) is 6.24. The van der Waals surface area contributed by atoms with Crippen molar-refractivity contribution in [3.63, 3.8) is 0 Å². The molecule has 0 spiro atoms. The molecule has 5 heteroatoms. The van der Waals surface area contributed by atoms with E-state index in [0.29, 0.717) is 12.3 Å². The van der Waals surface area contributed by atoms with Crippen molar-refractivity contribution in [2.24, 2.45) is 5.92 Å². The van der Waals surface area contributed by atoms with Crippen molar-refractivity contribution < 1.29 is 9.53 Å². The van der Waals surface area contributed by atoms with Crippen LogP contribution in [0.15, 0.2) is 24.3 Å². The smallest absolute Gasteiger partial charge is 0.225 e. The van der Waals surface area contributed by atoms with Crippen molar-refractivity contribution >= 4 is 18.3 Å². The summed E-state index contributed by atoms with van der Waals surface area (Å²) in [5.41, 5.74) is 2.53. The zero-order valence-electron chi connectivity index (χ0n) is 13.1. The van der Waals surface area contributed by atoms with E-state index in [0.717, 1.165) is 39.1 Å². The van der Waals surface area contributed by atoms with E-state index < -0.39 is 0 Å². The average Bonchev–Trinajstić information content (AvgIpc) is 2.97. The Labute approximate surface area is 138 Å². The van der Waals surface area contributed by atoms with Crippen molar-refractivity contribution in [3.05, 3.63) is 35.4 Å². The van der Waals surface area contributed by atoms with E-state index in [1.165, 1.54) is 11.1 Å². The van der Waals surface area contributed by atoms with Crippen LogP contribution in [-0.4, -0.2) is 44.1 Å². The van der Waals surface area contributed by atoms with E-state index in [1.807, 2.05) is 18.0 Å². The minimum Gasteiger partial charge on any atom is -0.373 e. The number of amides is 1. The zero-order valence-corrected chi connectivity index (χ0v) is 13.9. The zero-order chi connectivity index (χ0) is 14.7. The predicted molar refractivity (Wildman–Crippen MR) is 89.3 cm³/mol. The highest BCUT2D eigenvalue weighted by Gasteiger charge is 2.29. The van der Waals surface area contributed by atoms with Gasteiger partial charge in [-0.3, -0.25) is 4.79 Å². The fourth-order valence-electron chi connectivity index (χ4n) is 3.45. The maximum atomic E-state index is 12.5. The van der Waals surface area contributed by atoms with Gasteiger partial charge in [0.25, 0.3) is 0 Å². The van der Waals surface area contributed by atoms with Gasteiger partial charge in [-0.25, -0.2) is 0 Å². The molecule has 1 aromatic rings. The molecule has 2 aliphatic rings. The van der Waals surface area contributed by atoms with Crippen molar-refractivity contribution in [1.82, 2.24) is 10.2 Å². The Balaban J connectivity index is 0.00000176. The van der Waals surface area contributed by atoms with Crippen molar-refractivity contribution in [1.29, 1.82) is 0 Å². The number of rotatable bonds is 4. The highest BCUT2D eigenvalue weighted by molar-refractivity contribution is 5.85. The molecule has 0 saturated carbocycles. The highest BCUT2D eigenvalue weighted by Crippen LogP contribution is 2.30. The van der Waals surface area contributed by atoms with Crippen LogP contribution in [0.1, 0.15) is 30.1 Å². The molecular weight excluding hydrogens is 300 g/mol. The summed E-state index contributed by atoms with van der Waals surface area (Å²) in [6.45, 7) is 3.48. The minimum atomic E-state index is -0.0641. The summed E-state index contributed by atoms with van der Waals surface area (Å²) in [5, 5.41) is 3.20. The molecule has 1 fully saturated rings. The maximum absolute atomic E-state index is 12.5. The number of fused-ring (bicyclic) bond motifs is 1. The van der Waals surface area contributed by atoms with Crippen LogP contribution in [0, 0.1) is 5.92 Å². The molecule has 2 atom stereocenters.